The summed E-state index contributed by atoms with van der Waals surface area (Å²) in [5.74, 6) is 0.378. The number of para-hydroxylation sites is 1. The predicted molar refractivity (Wildman–Crippen MR) is 104 cm³/mol. The quantitative estimate of drug-likeness (QED) is 0.448. The molecule has 3 aromatic rings. The minimum atomic E-state index is -0.333. The summed E-state index contributed by atoms with van der Waals surface area (Å²) in [6, 6.07) is 13.1. The monoisotopic (exact) mass is 407 g/mol. The summed E-state index contributed by atoms with van der Waals surface area (Å²) < 4.78 is 6.60. The van der Waals surface area contributed by atoms with Crippen molar-refractivity contribution < 1.29 is 9.53 Å². The summed E-state index contributed by atoms with van der Waals surface area (Å²) >= 11 is 13.6. The number of esters is 1. The first-order chi connectivity index (χ1) is 12.5. The molecule has 0 radical (unpaired) electrons. The van der Waals surface area contributed by atoms with Crippen LogP contribution in [0.15, 0.2) is 47.6 Å². The number of carbonyl (C=O) groups is 1. The minimum Gasteiger partial charge on any atom is -0.468 e. The van der Waals surface area contributed by atoms with Gasteiger partial charge in [0.05, 0.1) is 23.6 Å². The Hall–Kier alpha value is -2.02. The van der Waals surface area contributed by atoms with Crippen LogP contribution in [0, 0.1) is 6.92 Å². The van der Waals surface area contributed by atoms with Gasteiger partial charge in [-0.1, -0.05) is 53.2 Å². The number of aryl methyl sites for hydroxylation is 1. The number of thioether (sulfide) groups is 1. The zero-order valence-corrected chi connectivity index (χ0v) is 16.4. The van der Waals surface area contributed by atoms with E-state index in [0.29, 0.717) is 26.6 Å². The van der Waals surface area contributed by atoms with Gasteiger partial charge in [-0.25, -0.2) is 0 Å². The third kappa shape index (κ3) is 3.87. The number of halogens is 2. The zero-order valence-electron chi connectivity index (χ0n) is 14.1. The van der Waals surface area contributed by atoms with E-state index in [0.717, 1.165) is 11.3 Å². The van der Waals surface area contributed by atoms with Crippen molar-refractivity contribution in [1.29, 1.82) is 0 Å². The van der Waals surface area contributed by atoms with Crippen molar-refractivity contribution in [2.24, 2.45) is 0 Å². The smallest absolute Gasteiger partial charge is 0.316 e. The van der Waals surface area contributed by atoms with Gasteiger partial charge in [0.15, 0.2) is 11.0 Å². The Bertz CT molecular complexity index is 959. The summed E-state index contributed by atoms with van der Waals surface area (Å²) in [4.78, 5) is 11.5. The third-order valence-corrected chi connectivity index (χ3v) is 5.16. The van der Waals surface area contributed by atoms with E-state index in [-0.39, 0.29) is 11.7 Å². The molecule has 0 atom stereocenters. The van der Waals surface area contributed by atoms with Crippen LogP contribution in [0.3, 0.4) is 0 Å². The van der Waals surface area contributed by atoms with Crippen molar-refractivity contribution in [3.05, 3.63) is 58.1 Å². The fourth-order valence-corrected chi connectivity index (χ4v) is 3.69. The Kier molecular flexibility index (Phi) is 5.86. The van der Waals surface area contributed by atoms with Gasteiger partial charge in [-0.3, -0.25) is 9.36 Å². The number of rotatable bonds is 5. The molecule has 134 valence electrons. The molecule has 0 aliphatic carbocycles. The molecule has 0 spiro atoms. The fraction of sp³-hybridized carbons (Fsp3) is 0.167. The van der Waals surface area contributed by atoms with Crippen molar-refractivity contribution in [3.8, 4) is 17.1 Å². The van der Waals surface area contributed by atoms with Gasteiger partial charge in [-0.2, -0.15) is 0 Å². The van der Waals surface area contributed by atoms with Crippen molar-refractivity contribution in [2.45, 2.75) is 12.1 Å². The summed E-state index contributed by atoms with van der Waals surface area (Å²) in [7, 11) is 1.36. The van der Waals surface area contributed by atoms with Crippen LogP contribution in [0.2, 0.25) is 10.0 Å². The minimum absolute atomic E-state index is 0.134. The molecule has 26 heavy (non-hydrogen) atoms. The van der Waals surface area contributed by atoms with E-state index in [1.807, 2.05) is 35.8 Å². The zero-order chi connectivity index (χ0) is 18.7. The number of carbonyl (C=O) groups excluding carboxylic acids is 1. The van der Waals surface area contributed by atoms with Crippen LogP contribution >= 0.6 is 35.0 Å². The first-order valence-electron chi connectivity index (χ1n) is 7.67. The van der Waals surface area contributed by atoms with Crippen LogP contribution in [0.4, 0.5) is 0 Å². The lowest BCUT2D eigenvalue weighted by Crippen LogP contribution is -2.06. The van der Waals surface area contributed by atoms with Crippen molar-refractivity contribution in [2.75, 3.05) is 12.9 Å². The van der Waals surface area contributed by atoms with E-state index in [1.165, 1.54) is 18.9 Å². The van der Waals surface area contributed by atoms with Crippen molar-refractivity contribution in [1.82, 2.24) is 14.8 Å². The van der Waals surface area contributed by atoms with E-state index in [4.69, 9.17) is 27.9 Å². The SMILES string of the molecule is COC(=O)CSc1nnc(-c2ccc(Cl)cc2Cl)n1-c1ccccc1C. The van der Waals surface area contributed by atoms with Gasteiger partial charge in [0.2, 0.25) is 0 Å². The van der Waals surface area contributed by atoms with E-state index < -0.39 is 0 Å². The maximum Gasteiger partial charge on any atom is 0.316 e. The van der Waals surface area contributed by atoms with Crippen LogP contribution in [-0.2, 0) is 9.53 Å². The second-order valence-electron chi connectivity index (χ2n) is 5.42. The normalized spacial score (nSPS) is 10.8. The van der Waals surface area contributed by atoms with Crippen LogP contribution in [0.1, 0.15) is 5.56 Å². The van der Waals surface area contributed by atoms with Crippen molar-refractivity contribution >= 4 is 40.9 Å². The Labute approximate surface area is 165 Å². The molecule has 0 amide bonds. The van der Waals surface area contributed by atoms with Gasteiger partial charge in [0.1, 0.15) is 0 Å². The lowest BCUT2D eigenvalue weighted by atomic mass is 10.1. The van der Waals surface area contributed by atoms with Crippen LogP contribution < -0.4 is 0 Å². The topological polar surface area (TPSA) is 57.0 Å². The number of aromatic nitrogens is 3. The highest BCUT2D eigenvalue weighted by Crippen LogP contribution is 2.34. The molecule has 5 nitrogen and oxygen atoms in total. The van der Waals surface area contributed by atoms with Gasteiger partial charge >= 0.3 is 5.97 Å². The lowest BCUT2D eigenvalue weighted by Gasteiger charge is -2.13. The average Bonchev–Trinajstić information content (AvgIpc) is 3.03. The summed E-state index contributed by atoms with van der Waals surface area (Å²) in [5.41, 5.74) is 2.65. The number of benzene rings is 2. The Morgan fingerprint density at radius 3 is 2.65 bits per heavy atom. The molecule has 2 aromatic carbocycles. The lowest BCUT2D eigenvalue weighted by molar-refractivity contribution is -0.137. The molecule has 1 aromatic heterocycles. The third-order valence-electron chi connectivity index (χ3n) is 3.71. The second-order valence-corrected chi connectivity index (χ2v) is 7.20. The Morgan fingerprint density at radius 1 is 1.19 bits per heavy atom. The molecule has 3 rings (SSSR count). The Balaban J connectivity index is 2.14. The average molecular weight is 408 g/mol. The molecule has 0 saturated carbocycles. The van der Waals surface area contributed by atoms with E-state index in [1.54, 1.807) is 18.2 Å². The highest BCUT2D eigenvalue weighted by Gasteiger charge is 2.20. The number of hydrogen-bond acceptors (Lipinski definition) is 5. The standard InChI is InChI=1S/C18H15Cl2N3O2S/c1-11-5-3-4-6-15(11)23-17(13-8-7-12(19)9-14(13)20)21-22-18(23)26-10-16(24)25-2/h3-9H,10H2,1-2H3. The summed E-state index contributed by atoms with van der Waals surface area (Å²) in [6.45, 7) is 2.00. The van der Waals surface area contributed by atoms with Crippen LogP contribution in [-0.4, -0.2) is 33.6 Å². The van der Waals surface area contributed by atoms with E-state index in [9.17, 15) is 4.79 Å². The first kappa shape index (κ1) is 18.8. The number of ether oxygens (including phenoxy) is 1. The van der Waals surface area contributed by atoms with Gasteiger partial charge in [0, 0.05) is 10.6 Å². The highest BCUT2D eigenvalue weighted by atomic mass is 35.5. The fourth-order valence-electron chi connectivity index (χ4n) is 2.42. The first-order valence-corrected chi connectivity index (χ1v) is 9.42. The molecule has 0 saturated heterocycles. The van der Waals surface area contributed by atoms with Gasteiger partial charge in [-0.05, 0) is 36.8 Å². The molecule has 0 aliphatic rings. The number of methoxy groups -OCH3 is 1. The van der Waals surface area contributed by atoms with Gasteiger partial charge in [-0.15, -0.1) is 10.2 Å². The Morgan fingerprint density at radius 2 is 1.96 bits per heavy atom. The van der Waals surface area contributed by atoms with Gasteiger partial charge < -0.3 is 4.74 Å². The highest BCUT2D eigenvalue weighted by molar-refractivity contribution is 7.99. The molecule has 0 fully saturated rings. The van der Waals surface area contributed by atoms with E-state index in [2.05, 4.69) is 10.2 Å². The largest absolute Gasteiger partial charge is 0.468 e. The summed E-state index contributed by atoms with van der Waals surface area (Å²) in [6.07, 6.45) is 0. The molecule has 0 aliphatic heterocycles. The second kappa shape index (κ2) is 8.12. The molecule has 0 N–H and O–H groups in total. The van der Waals surface area contributed by atoms with Crippen molar-refractivity contribution in [3.63, 3.8) is 0 Å². The van der Waals surface area contributed by atoms with E-state index >= 15 is 0 Å². The maximum absolute atomic E-state index is 11.5. The number of hydrogen-bond donors (Lipinski definition) is 0. The van der Waals surface area contributed by atoms with Gasteiger partial charge in [0.25, 0.3) is 0 Å². The molecular weight excluding hydrogens is 393 g/mol. The summed E-state index contributed by atoms with van der Waals surface area (Å²) in [5, 5.41) is 10.2. The predicted octanol–water partition coefficient (Wildman–Crippen LogP) is 4.81. The molecule has 8 heteroatoms. The molecular formula is C18H15Cl2N3O2S. The number of nitrogens with zero attached hydrogens (tertiary/aromatic N) is 3. The molecule has 0 unspecified atom stereocenters. The maximum atomic E-state index is 11.5. The molecule has 0 bridgehead atoms. The van der Waals surface area contributed by atoms with Crippen LogP contribution in [0.5, 0.6) is 0 Å². The van der Waals surface area contributed by atoms with Crippen LogP contribution in [0.25, 0.3) is 17.1 Å². The molecule has 1 heterocycles.